The Morgan fingerprint density at radius 1 is 1.34 bits per heavy atom. The molecule has 6 heteroatoms. The molecule has 0 saturated carbocycles. The predicted molar refractivity (Wildman–Crippen MR) is 123 cm³/mol. The highest BCUT2D eigenvalue weighted by molar-refractivity contribution is 6.35. The van der Waals surface area contributed by atoms with Gasteiger partial charge in [0.15, 0.2) is 0 Å². The first kappa shape index (κ1) is 25.3. The van der Waals surface area contributed by atoms with Gasteiger partial charge in [0, 0.05) is 23.7 Å². The van der Waals surface area contributed by atoms with Gasteiger partial charge >= 0.3 is 6.09 Å². The molecule has 1 aliphatic rings. The topological polar surface area (TPSA) is 53.9 Å². The first-order valence-electron chi connectivity index (χ1n) is 10.6. The molecule has 1 aliphatic heterocycles. The van der Waals surface area contributed by atoms with Crippen LogP contribution in [-0.4, -0.2) is 41.6 Å². The Morgan fingerprint density at radius 3 is 2.45 bits per heavy atom. The fourth-order valence-corrected chi connectivity index (χ4v) is 3.24. The van der Waals surface area contributed by atoms with Crippen LogP contribution < -0.4 is 5.32 Å². The standard InChI is InChI=1S/C23H38ClN3O2/c1-8-11-20(24)19(16-17(4)9-2)21(25-10-3)26-18-12-14-27(15-13-18)22(28)29-23(5,6)7/h10-11,16-18H,3,8-9,12-15H2,1-2,4-7H3,(H,25,26)/b19-16-,20-11?. The van der Waals surface area contributed by atoms with E-state index in [0.717, 1.165) is 37.1 Å². The van der Waals surface area contributed by atoms with Crippen molar-refractivity contribution >= 4 is 23.5 Å². The van der Waals surface area contributed by atoms with E-state index in [2.05, 4.69) is 38.7 Å². The lowest BCUT2D eigenvalue weighted by Crippen LogP contribution is -2.43. The minimum Gasteiger partial charge on any atom is -0.444 e. The van der Waals surface area contributed by atoms with Crippen LogP contribution in [0.5, 0.6) is 0 Å². The maximum absolute atomic E-state index is 12.3. The number of hydrogen-bond donors (Lipinski definition) is 1. The smallest absolute Gasteiger partial charge is 0.410 e. The summed E-state index contributed by atoms with van der Waals surface area (Å²) in [4.78, 5) is 19.0. The number of carbonyl (C=O) groups is 1. The molecule has 1 amide bonds. The molecule has 0 bridgehead atoms. The van der Waals surface area contributed by atoms with Gasteiger partial charge < -0.3 is 15.0 Å². The van der Waals surface area contributed by atoms with E-state index < -0.39 is 5.60 Å². The van der Waals surface area contributed by atoms with Crippen LogP contribution in [0.1, 0.15) is 67.2 Å². The number of rotatable bonds is 7. The Labute approximate surface area is 181 Å². The molecule has 0 spiro atoms. The molecule has 1 N–H and O–H groups in total. The highest BCUT2D eigenvalue weighted by Crippen LogP contribution is 2.23. The van der Waals surface area contributed by atoms with Crippen LogP contribution in [0.3, 0.4) is 0 Å². The Bertz CT molecular complexity index is 639. The second-order valence-electron chi connectivity index (χ2n) is 8.45. The van der Waals surface area contributed by atoms with Crippen LogP contribution in [-0.2, 0) is 4.74 Å². The van der Waals surface area contributed by atoms with E-state index in [1.807, 2.05) is 26.8 Å². The van der Waals surface area contributed by atoms with Gasteiger partial charge in [0.2, 0.25) is 0 Å². The Morgan fingerprint density at radius 2 is 1.97 bits per heavy atom. The fraction of sp³-hybridized carbons (Fsp3) is 0.652. The van der Waals surface area contributed by atoms with Crippen molar-refractivity contribution in [2.24, 2.45) is 10.9 Å². The van der Waals surface area contributed by atoms with Gasteiger partial charge in [-0.1, -0.05) is 57.5 Å². The number of nitrogens with zero attached hydrogens (tertiary/aromatic N) is 2. The highest BCUT2D eigenvalue weighted by atomic mass is 35.5. The van der Waals surface area contributed by atoms with Crippen LogP contribution in [0, 0.1) is 5.92 Å². The van der Waals surface area contributed by atoms with E-state index in [9.17, 15) is 4.79 Å². The predicted octanol–water partition coefficient (Wildman–Crippen LogP) is 6.02. The maximum atomic E-state index is 12.3. The van der Waals surface area contributed by atoms with Crippen molar-refractivity contribution in [3.8, 4) is 0 Å². The molecular weight excluding hydrogens is 386 g/mol. The number of allylic oxidation sites excluding steroid dienone is 2. The molecule has 164 valence electrons. The van der Waals surface area contributed by atoms with Crippen molar-refractivity contribution in [2.75, 3.05) is 13.1 Å². The summed E-state index contributed by atoms with van der Waals surface area (Å²) in [5.74, 6) is 1.13. The third-order valence-electron chi connectivity index (χ3n) is 4.66. The molecule has 0 aliphatic carbocycles. The third kappa shape index (κ3) is 9.07. The van der Waals surface area contributed by atoms with Crippen molar-refractivity contribution in [2.45, 2.75) is 78.9 Å². The van der Waals surface area contributed by atoms with Gasteiger partial charge in [-0.3, -0.25) is 4.99 Å². The lowest BCUT2D eigenvalue weighted by molar-refractivity contribution is 0.0207. The molecular formula is C23H38ClN3O2. The summed E-state index contributed by atoms with van der Waals surface area (Å²) in [6.07, 6.45) is 8.99. The van der Waals surface area contributed by atoms with Crippen LogP contribution >= 0.6 is 11.6 Å². The molecule has 0 radical (unpaired) electrons. The second kappa shape index (κ2) is 12.1. The normalized spacial score (nSPS) is 18.4. The monoisotopic (exact) mass is 423 g/mol. The van der Waals surface area contributed by atoms with Crippen LogP contribution in [0.15, 0.2) is 40.5 Å². The molecule has 1 saturated heterocycles. The Hall–Kier alpha value is -1.75. The summed E-state index contributed by atoms with van der Waals surface area (Å²) in [7, 11) is 0. The van der Waals surface area contributed by atoms with Crippen molar-refractivity contribution in [1.29, 1.82) is 0 Å². The summed E-state index contributed by atoms with van der Waals surface area (Å²) in [6.45, 7) is 17.1. The summed E-state index contributed by atoms with van der Waals surface area (Å²) in [5, 5.41) is 3.88. The number of halogens is 1. The molecule has 0 aromatic heterocycles. The van der Waals surface area contributed by atoms with Crippen molar-refractivity contribution in [3.05, 3.63) is 35.5 Å². The number of likely N-dealkylation sites (tertiary alicyclic amines) is 1. The van der Waals surface area contributed by atoms with Crippen LogP contribution in [0.25, 0.3) is 0 Å². The first-order valence-corrected chi connectivity index (χ1v) is 11.0. The number of piperidine rings is 1. The van der Waals surface area contributed by atoms with Crippen LogP contribution in [0.2, 0.25) is 0 Å². The SMILES string of the molecule is C=CNC(=NC1CCN(C(=O)OC(C)(C)C)CC1)/C(=C\C(C)CC)C(Cl)=CCC. The van der Waals surface area contributed by atoms with Crippen molar-refractivity contribution in [1.82, 2.24) is 10.2 Å². The third-order valence-corrected chi connectivity index (χ3v) is 5.02. The average molecular weight is 424 g/mol. The Balaban J connectivity index is 2.98. The molecule has 0 aromatic rings. The number of ether oxygens (including phenoxy) is 1. The van der Waals surface area contributed by atoms with Crippen molar-refractivity contribution < 1.29 is 9.53 Å². The van der Waals surface area contributed by atoms with Gasteiger partial charge in [-0.05, 0) is 52.2 Å². The number of amides is 1. The molecule has 29 heavy (non-hydrogen) atoms. The Kier molecular flexibility index (Phi) is 10.5. The molecule has 0 aromatic carbocycles. The number of nitrogens with one attached hydrogen (secondary N) is 1. The minimum absolute atomic E-state index is 0.113. The summed E-state index contributed by atoms with van der Waals surface area (Å²) in [5.41, 5.74) is 0.433. The zero-order valence-corrected chi connectivity index (χ0v) is 19.7. The van der Waals surface area contributed by atoms with E-state index in [-0.39, 0.29) is 12.1 Å². The number of amidine groups is 1. The number of hydrogen-bond acceptors (Lipinski definition) is 3. The summed E-state index contributed by atoms with van der Waals surface area (Å²) >= 11 is 6.59. The molecule has 1 unspecified atom stereocenters. The van der Waals surface area contributed by atoms with E-state index in [1.54, 1.807) is 11.1 Å². The fourth-order valence-electron chi connectivity index (χ4n) is 2.93. The van der Waals surface area contributed by atoms with Gasteiger partial charge in [0.25, 0.3) is 0 Å². The number of aliphatic imine (C=N–C) groups is 1. The van der Waals surface area contributed by atoms with Gasteiger partial charge in [-0.15, -0.1) is 0 Å². The lowest BCUT2D eigenvalue weighted by atomic mass is 10.0. The molecule has 1 heterocycles. The molecule has 5 nitrogen and oxygen atoms in total. The van der Waals surface area contributed by atoms with Gasteiger partial charge in [-0.2, -0.15) is 0 Å². The first-order chi connectivity index (χ1) is 13.6. The maximum Gasteiger partial charge on any atom is 0.410 e. The molecule has 1 atom stereocenters. The van der Waals surface area contributed by atoms with E-state index in [0.29, 0.717) is 24.0 Å². The summed E-state index contributed by atoms with van der Waals surface area (Å²) < 4.78 is 5.48. The largest absolute Gasteiger partial charge is 0.444 e. The molecule has 1 fully saturated rings. The van der Waals surface area contributed by atoms with Crippen LogP contribution in [0.4, 0.5) is 4.79 Å². The minimum atomic E-state index is -0.481. The lowest BCUT2D eigenvalue weighted by Gasteiger charge is -2.32. The van der Waals surface area contributed by atoms with Gasteiger partial charge in [-0.25, -0.2) is 4.79 Å². The highest BCUT2D eigenvalue weighted by Gasteiger charge is 2.27. The zero-order chi connectivity index (χ0) is 22.0. The molecule has 1 rings (SSSR count). The van der Waals surface area contributed by atoms with Gasteiger partial charge in [0.1, 0.15) is 11.4 Å². The van der Waals surface area contributed by atoms with Crippen molar-refractivity contribution in [3.63, 3.8) is 0 Å². The quantitative estimate of drug-likeness (QED) is 0.309. The van der Waals surface area contributed by atoms with E-state index in [1.165, 1.54) is 0 Å². The number of carbonyl (C=O) groups excluding carboxylic acids is 1. The van der Waals surface area contributed by atoms with Gasteiger partial charge in [0.05, 0.1) is 6.04 Å². The summed E-state index contributed by atoms with van der Waals surface area (Å²) in [6, 6.07) is 0.113. The average Bonchev–Trinajstić information content (AvgIpc) is 2.65. The van der Waals surface area contributed by atoms with E-state index >= 15 is 0 Å². The zero-order valence-electron chi connectivity index (χ0n) is 18.9. The second-order valence-corrected chi connectivity index (χ2v) is 8.86. The van der Waals surface area contributed by atoms with E-state index in [4.69, 9.17) is 21.3 Å².